The van der Waals surface area contributed by atoms with Crippen LogP contribution in [-0.2, 0) is 0 Å². The number of benzene rings is 1. The maximum Gasteiger partial charge on any atom is 0.279 e. The summed E-state index contributed by atoms with van der Waals surface area (Å²) >= 11 is 11.9. The second-order valence-electron chi connectivity index (χ2n) is 6.38. The van der Waals surface area contributed by atoms with Gasteiger partial charge in [-0.3, -0.25) is 4.68 Å². The van der Waals surface area contributed by atoms with E-state index in [2.05, 4.69) is 10.1 Å². The molecule has 3 aromatic rings. The average Bonchev–Trinajstić information content (AvgIpc) is 3.35. The Kier molecular flexibility index (Phi) is 4.16. The Morgan fingerprint density at radius 1 is 1.25 bits per heavy atom. The minimum atomic E-state index is -3.39. The number of halogens is 5. The average molecular weight is 495 g/mol. The van der Waals surface area contributed by atoms with Crippen LogP contribution in [0.25, 0.3) is 11.1 Å². The second kappa shape index (κ2) is 9.56. The molecule has 4 rings (SSSR count). The van der Waals surface area contributed by atoms with Crippen LogP contribution in [0.5, 0.6) is 5.75 Å². The van der Waals surface area contributed by atoms with Crippen LogP contribution in [0.1, 0.15) is 42.8 Å². The molecule has 0 amide bonds. The lowest BCUT2D eigenvalue weighted by Crippen LogP contribution is -2.29. The molecule has 0 saturated carbocycles. The molecule has 1 saturated heterocycles. The number of nitrogens with zero attached hydrogens (tertiary/aromatic N) is 3. The molecule has 32 heavy (non-hydrogen) atoms. The minimum absolute atomic E-state index is 0.00403. The van der Waals surface area contributed by atoms with Gasteiger partial charge >= 0.3 is 0 Å². The lowest BCUT2D eigenvalue weighted by atomic mass is 10.1. The lowest BCUT2D eigenvalue weighted by molar-refractivity contribution is 0.0107. The van der Waals surface area contributed by atoms with Crippen molar-refractivity contribution < 1.29 is 30.2 Å². The summed E-state index contributed by atoms with van der Waals surface area (Å²) in [6.45, 7) is -6.44. The number of hydrogen-bond acceptors (Lipinski definition) is 5. The van der Waals surface area contributed by atoms with Gasteiger partial charge in [0.05, 0.1) is 18.6 Å². The molecule has 1 unspecified atom stereocenters. The van der Waals surface area contributed by atoms with Gasteiger partial charge in [0.25, 0.3) is 6.43 Å². The smallest absolute Gasteiger partial charge is 0.279 e. The topological polar surface area (TPSA) is 78.0 Å². The van der Waals surface area contributed by atoms with Gasteiger partial charge < -0.3 is 15.8 Å². The number of aromatic nitrogens is 3. The van der Waals surface area contributed by atoms with Crippen molar-refractivity contribution in [1.29, 1.82) is 0 Å². The van der Waals surface area contributed by atoms with E-state index >= 15 is 0 Å². The third kappa shape index (κ3) is 4.65. The molecule has 6 nitrogen and oxygen atoms in total. The van der Waals surface area contributed by atoms with Crippen molar-refractivity contribution in [3.63, 3.8) is 0 Å². The zero-order valence-electron chi connectivity index (χ0n) is 24.8. The summed E-state index contributed by atoms with van der Waals surface area (Å²) in [5.41, 5.74) is 5.30. The highest BCUT2D eigenvalue weighted by molar-refractivity contribution is 6.36. The van der Waals surface area contributed by atoms with Crippen molar-refractivity contribution in [3.8, 4) is 16.9 Å². The highest BCUT2D eigenvalue weighted by atomic mass is 35.5. The third-order valence-electron chi connectivity index (χ3n) is 4.36. The quantitative estimate of drug-likeness (QED) is 0.455. The van der Waals surface area contributed by atoms with Crippen molar-refractivity contribution in [1.82, 2.24) is 20.1 Å². The monoisotopic (exact) mass is 494 g/mol. The van der Waals surface area contributed by atoms with E-state index in [1.54, 1.807) is 5.32 Å². The number of ether oxygens (including phenoxy) is 1. The van der Waals surface area contributed by atoms with Crippen molar-refractivity contribution in [2.75, 3.05) is 18.7 Å². The Morgan fingerprint density at radius 2 is 2.00 bits per heavy atom. The first-order valence-electron chi connectivity index (χ1n) is 13.4. The van der Waals surface area contributed by atoms with Crippen LogP contribution in [-0.4, -0.2) is 34.2 Å². The summed E-state index contributed by atoms with van der Waals surface area (Å²) in [5.74, 6) is -1.83. The standard InChI is InChI=1S/C21H20Cl2F3N5O/c22-14-1-2-15(24)18(23)17(14)19(20(25)26)32-16-7-11(8-29-21(16)27)12-9-30-31(10-12)13-3-5-28-6-4-13/h1-2,7-10,13,19-20,28H,3-6H2,(H2,27,29)/i3D2,4D2,5D2,6D2,13D. The van der Waals surface area contributed by atoms with Gasteiger partial charge in [-0.25, -0.2) is 18.2 Å². The summed E-state index contributed by atoms with van der Waals surface area (Å²) < 4.78 is 122. The van der Waals surface area contributed by atoms with Crippen LogP contribution in [0.3, 0.4) is 0 Å². The van der Waals surface area contributed by atoms with E-state index in [1.807, 2.05) is 0 Å². The van der Waals surface area contributed by atoms with Crippen LogP contribution in [0.4, 0.5) is 19.0 Å². The zero-order valence-corrected chi connectivity index (χ0v) is 17.3. The van der Waals surface area contributed by atoms with Gasteiger partial charge in [0, 0.05) is 45.1 Å². The van der Waals surface area contributed by atoms with Gasteiger partial charge in [-0.2, -0.15) is 5.10 Å². The van der Waals surface area contributed by atoms with Crippen molar-refractivity contribution in [2.45, 2.75) is 31.3 Å². The van der Waals surface area contributed by atoms with Gasteiger partial charge in [-0.1, -0.05) is 23.2 Å². The fraction of sp³-hybridized carbons (Fsp3) is 0.333. The van der Waals surface area contributed by atoms with Crippen molar-refractivity contribution >= 4 is 29.0 Å². The first kappa shape index (κ1) is 13.9. The molecule has 1 fully saturated rings. The maximum atomic E-state index is 14.0. The summed E-state index contributed by atoms with van der Waals surface area (Å²) in [7, 11) is 0. The van der Waals surface area contributed by atoms with Crippen LogP contribution >= 0.6 is 23.2 Å². The Balaban J connectivity index is 1.78. The molecule has 0 bridgehead atoms. The second-order valence-corrected chi connectivity index (χ2v) is 7.17. The highest BCUT2D eigenvalue weighted by Crippen LogP contribution is 2.39. The summed E-state index contributed by atoms with van der Waals surface area (Å²) in [5, 5.41) is 4.47. The molecular weight excluding hydrogens is 466 g/mol. The fourth-order valence-electron chi connectivity index (χ4n) is 2.84. The third-order valence-corrected chi connectivity index (χ3v) is 5.07. The van der Waals surface area contributed by atoms with E-state index in [0.717, 1.165) is 36.8 Å². The molecule has 0 aliphatic carbocycles. The summed E-state index contributed by atoms with van der Waals surface area (Å²) in [4.78, 5) is 3.87. The van der Waals surface area contributed by atoms with Gasteiger partial charge in [-0.05, 0) is 43.9 Å². The predicted octanol–water partition coefficient (Wildman–Crippen LogP) is 5.28. The van der Waals surface area contributed by atoms with E-state index in [1.165, 1.54) is 0 Å². The molecule has 1 aliphatic rings. The number of piperidine rings is 1. The number of nitrogen functional groups attached to an aromatic ring is 1. The molecule has 3 heterocycles. The van der Waals surface area contributed by atoms with Gasteiger partial charge in [0.15, 0.2) is 17.7 Å². The molecule has 1 atom stereocenters. The largest absolute Gasteiger partial charge is 0.476 e. The Morgan fingerprint density at radius 3 is 2.72 bits per heavy atom. The molecule has 3 N–H and O–H groups in total. The van der Waals surface area contributed by atoms with Gasteiger partial charge in [0.1, 0.15) is 5.82 Å². The minimum Gasteiger partial charge on any atom is -0.476 e. The van der Waals surface area contributed by atoms with Crippen LogP contribution in [0.15, 0.2) is 36.8 Å². The number of nitrogens with two attached hydrogens (primary N) is 1. The number of pyridine rings is 1. The number of hydrogen-bond donors (Lipinski definition) is 2. The predicted molar refractivity (Wildman–Crippen MR) is 117 cm³/mol. The van der Waals surface area contributed by atoms with Crippen LogP contribution < -0.4 is 15.8 Å². The first-order chi connectivity index (χ1) is 18.7. The normalized spacial score (nSPS) is 27.2. The Hall–Kier alpha value is -2.49. The van der Waals surface area contributed by atoms with Gasteiger partial charge in [-0.15, -0.1) is 0 Å². The molecule has 1 aromatic carbocycles. The van der Waals surface area contributed by atoms with Gasteiger partial charge in [0.2, 0.25) is 0 Å². The molecule has 0 radical (unpaired) electrons. The van der Waals surface area contributed by atoms with Crippen molar-refractivity contribution in [3.05, 3.63) is 58.2 Å². The lowest BCUT2D eigenvalue weighted by Gasteiger charge is -2.22. The fourth-order valence-corrected chi connectivity index (χ4v) is 3.42. The molecular formula is C21H20Cl2F3N5O. The Bertz CT molecular complexity index is 1470. The Labute approximate surface area is 205 Å². The first-order valence-corrected chi connectivity index (χ1v) is 9.64. The van der Waals surface area contributed by atoms with E-state index < -0.39 is 66.4 Å². The number of rotatable bonds is 6. The highest BCUT2D eigenvalue weighted by Gasteiger charge is 2.31. The van der Waals surface area contributed by atoms with E-state index in [4.69, 9.17) is 46.0 Å². The van der Waals surface area contributed by atoms with Crippen LogP contribution in [0, 0.1) is 5.82 Å². The van der Waals surface area contributed by atoms with E-state index in [0.29, 0.717) is 4.68 Å². The zero-order chi connectivity index (χ0) is 30.9. The number of alkyl halides is 2. The van der Waals surface area contributed by atoms with E-state index in [-0.39, 0.29) is 22.0 Å². The number of nitrogens with one attached hydrogen (secondary N) is 1. The maximum absolute atomic E-state index is 14.0. The van der Waals surface area contributed by atoms with E-state index in [9.17, 15) is 13.2 Å². The molecule has 170 valence electrons. The van der Waals surface area contributed by atoms with Crippen molar-refractivity contribution in [2.24, 2.45) is 0 Å². The SMILES string of the molecule is [2H]C1([2H])NC([2H])([2H])C([2H])([2H])C([2H])(n2cc(-c3cnc(N)c(OC(c4c(Cl)ccc(F)c4Cl)C(F)F)c3)cn2)C1([2H])[2H]. The molecule has 11 heteroatoms. The summed E-state index contributed by atoms with van der Waals surface area (Å²) in [6.07, 6.45) is -9.16. The molecule has 0 spiro atoms. The molecule has 2 aromatic heterocycles. The number of anilines is 1. The van der Waals surface area contributed by atoms with Crippen LogP contribution in [0.2, 0.25) is 10.0 Å². The molecule has 1 aliphatic heterocycles. The summed E-state index contributed by atoms with van der Waals surface area (Å²) in [6, 6.07) is -0.291.